The number of hydrogen-bond acceptors (Lipinski definition) is 6. The van der Waals surface area contributed by atoms with Gasteiger partial charge in [0.15, 0.2) is 0 Å². The maximum absolute atomic E-state index is 13.5. The van der Waals surface area contributed by atoms with Gasteiger partial charge in [-0.3, -0.25) is 19.2 Å². The highest BCUT2D eigenvalue weighted by atomic mass is 16.5. The molecule has 0 saturated heterocycles. The van der Waals surface area contributed by atoms with E-state index in [1.54, 1.807) is 33.7 Å². The third-order valence-corrected chi connectivity index (χ3v) is 8.06. The Labute approximate surface area is 294 Å². The number of nitrogens with zero attached hydrogens (tertiary/aromatic N) is 4. The van der Waals surface area contributed by atoms with Gasteiger partial charge in [-0.05, 0) is 22.3 Å². The van der Waals surface area contributed by atoms with Crippen molar-refractivity contribution in [3.63, 3.8) is 0 Å². The van der Waals surface area contributed by atoms with E-state index >= 15 is 0 Å². The molecule has 4 amide bonds. The monoisotopic (exact) mass is 678 g/mol. The molecule has 0 radical (unpaired) electrons. The van der Waals surface area contributed by atoms with E-state index in [1.165, 1.54) is 0 Å². The first-order chi connectivity index (χ1) is 24.3. The maximum Gasteiger partial charge on any atom is 0.248 e. The third-order valence-electron chi connectivity index (χ3n) is 8.06. The van der Waals surface area contributed by atoms with Gasteiger partial charge in [0.1, 0.15) is 26.4 Å². The van der Waals surface area contributed by atoms with E-state index in [-0.39, 0.29) is 63.1 Å². The van der Waals surface area contributed by atoms with Crippen molar-refractivity contribution in [2.45, 2.75) is 26.2 Å². The number of likely N-dealkylation sites (N-methyl/N-ethyl adjacent to an activating group) is 2. The van der Waals surface area contributed by atoms with Gasteiger partial charge in [-0.15, -0.1) is 0 Å². The Morgan fingerprint density at radius 1 is 0.400 bits per heavy atom. The molecule has 0 aliphatic heterocycles. The molecule has 4 rings (SSSR count). The maximum atomic E-state index is 13.5. The second kappa shape index (κ2) is 20.3. The van der Waals surface area contributed by atoms with Crippen LogP contribution >= 0.6 is 0 Å². The molecule has 4 aromatic carbocycles. The highest BCUT2D eigenvalue weighted by Gasteiger charge is 2.21. The minimum absolute atomic E-state index is 0.219. The fourth-order valence-electron chi connectivity index (χ4n) is 5.18. The van der Waals surface area contributed by atoms with E-state index in [9.17, 15) is 19.2 Å². The van der Waals surface area contributed by atoms with Crippen LogP contribution in [0.3, 0.4) is 0 Å². The SMILES string of the molecule is CN(Cc1ccccc1)C(=O)COCC(=O)N(CCN(Cc1ccccc1)C(=O)COCC(=O)N(C)Cc1ccccc1)Cc1ccccc1. The zero-order valence-corrected chi connectivity index (χ0v) is 28.9. The number of carbonyl (C=O) groups is 4. The van der Waals surface area contributed by atoms with Crippen molar-refractivity contribution in [3.05, 3.63) is 144 Å². The minimum Gasteiger partial charge on any atom is -0.362 e. The van der Waals surface area contributed by atoms with Crippen LogP contribution in [0.5, 0.6) is 0 Å². The van der Waals surface area contributed by atoms with Gasteiger partial charge in [0.2, 0.25) is 23.6 Å². The molecule has 0 unspecified atom stereocenters. The van der Waals surface area contributed by atoms with Crippen LogP contribution in [0.4, 0.5) is 0 Å². The predicted octanol–water partition coefficient (Wildman–Crippen LogP) is 4.39. The van der Waals surface area contributed by atoms with Crippen LogP contribution < -0.4 is 0 Å². The number of hydrogen-bond donors (Lipinski definition) is 0. The van der Waals surface area contributed by atoms with E-state index in [1.807, 2.05) is 121 Å². The number of ether oxygens (including phenoxy) is 2. The Morgan fingerprint density at radius 3 is 0.960 bits per heavy atom. The molecule has 0 N–H and O–H groups in total. The van der Waals surface area contributed by atoms with Gasteiger partial charge in [-0.25, -0.2) is 0 Å². The molecule has 0 bridgehead atoms. The van der Waals surface area contributed by atoms with Crippen LogP contribution in [0.2, 0.25) is 0 Å². The molecular formula is C40H46N4O6. The molecule has 4 aromatic rings. The summed E-state index contributed by atoms with van der Waals surface area (Å²) in [7, 11) is 3.40. The second-order valence-electron chi connectivity index (χ2n) is 12.1. The molecular weight excluding hydrogens is 632 g/mol. The molecule has 10 heteroatoms. The van der Waals surface area contributed by atoms with Crippen molar-refractivity contribution in [2.24, 2.45) is 0 Å². The molecule has 0 aliphatic rings. The molecule has 0 saturated carbocycles. The average molecular weight is 679 g/mol. The van der Waals surface area contributed by atoms with E-state index in [0.29, 0.717) is 26.2 Å². The molecule has 0 aliphatic carbocycles. The Kier molecular flexibility index (Phi) is 15.2. The van der Waals surface area contributed by atoms with Crippen LogP contribution in [0.25, 0.3) is 0 Å². The molecule has 50 heavy (non-hydrogen) atoms. The zero-order valence-electron chi connectivity index (χ0n) is 28.9. The Bertz CT molecular complexity index is 1500. The summed E-state index contributed by atoms with van der Waals surface area (Å²) >= 11 is 0. The number of amides is 4. The normalized spacial score (nSPS) is 10.7. The fraction of sp³-hybridized carbons (Fsp3) is 0.300. The van der Waals surface area contributed by atoms with Gasteiger partial charge in [0.05, 0.1) is 0 Å². The first-order valence-corrected chi connectivity index (χ1v) is 16.6. The highest BCUT2D eigenvalue weighted by Crippen LogP contribution is 2.10. The minimum atomic E-state index is -0.303. The van der Waals surface area contributed by atoms with Crippen LogP contribution in [-0.4, -0.2) is 96.8 Å². The van der Waals surface area contributed by atoms with Crippen LogP contribution in [0.15, 0.2) is 121 Å². The van der Waals surface area contributed by atoms with Gasteiger partial charge in [0, 0.05) is 53.4 Å². The molecule has 10 nitrogen and oxygen atoms in total. The zero-order chi connectivity index (χ0) is 35.6. The van der Waals surface area contributed by atoms with Crippen LogP contribution in [-0.2, 0) is 54.8 Å². The molecule has 0 atom stereocenters. The summed E-state index contributed by atoms with van der Waals surface area (Å²) in [5.74, 6) is -1.08. The van der Waals surface area contributed by atoms with Gasteiger partial charge < -0.3 is 29.1 Å². The van der Waals surface area contributed by atoms with Gasteiger partial charge >= 0.3 is 0 Å². The summed E-state index contributed by atoms with van der Waals surface area (Å²) in [6, 6.07) is 38.4. The number of rotatable bonds is 19. The lowest BCUT2D eigenvalue weighted by molar-refractivity contribution is -0.145. The van der Waals surface area contributed by atoms with Gasteiger partial charge in [0.25, 0.3) is 0 Å². The fourth-order valence-corrected chi connectivity index (χ4v) is 5.18. The van der Waals surface area contributed by atoms with Crippen LogP contribution in [0, 0.1) is 0 Å². The molecule has 0 heterocycles. The summed E-state index contributed by atoms with van der Waals surface area (Å²) in [6.45, 7) is 0.876. The largest absolute Gasteiger partial charge is 0.362 e. The first-order valence-electron chi connectivity index (χ1n) is 16.6. The van der Waals surface area contributed by atoms with E-state index < -0.39 is 0 Å². The van der Waals surface area contributed by atoms with Crippen molar-refractivity contribution in [1.82, 2.24) is 19.6 Å². The van der Waals surface area contributed by atoms with Crippen molar-refractivity contribution in [2.75, 3.05) is 53.6 Å². The quantitative estimate of drug-likeness (QED) is 0.146. The van der Waals surface area contributed by atoms with Crippen molar-refractivity contribution in [3.8, 4) is 0 Å². The summed E-state index contributed by atoms with van der Waals surface area (Å²) in [5.41, 5.74) is 3.83. The second-order valence-corrected chi connectivity index (χ2v) is 12.1. The van der Waals surface area contributed by atoms with Crippen molar-refractivity contribution < 1.29 is 28.7 Å². The van der Waals surface area contributed by atoms with Crippen molar-refractivity contribution in [1.29, 1.82) is 0 Å². The smallest absolute Gasteiger partial charge is 0.248 e. The van der Waals surface area contributed by atoms with Gasteiger partial charge in [-0.2, -0.15) is 0 Å². The lowest BCUT2D eigenvalue weighted by Gasteiger charge is -2.28. The average Bonchev–Trinajstić information content (AvgIpc) is 3.14. The van der Waals surface area contributed by atoms with Gasteiger partial charge in [-0.1, -0.05) is 121 Å². The molecule has 262 valence electrons. The lowest BCUT2D eigenvalue weighted by atomic mass is 10.2. The number of carbonyl (C=O) groups excluding carboxylic acids is 4. The highest BCUT2D eigenvalue weighted by molar-refractivity contribution is 5.81. The summed E-state index contributed by atoms with van der Waals surface area (Å²) in [5, 5.41) is 0. The standard InChI is InChI=1S/C40H46N4O6/c1-41(25-33-15-7-3-8-16-33)37(45)29-49-31-39(47)43(27-35-19-11-5-12-20-35)23-24-44(28-36-21-13-6-14-22-36)40(48)32-50-30-38(46)42(2)26-34-17-9-4-10-18-34/h3-22H,23-32H2,1-2H3. The number of benzene rings is 4. The third kappa shape index (κ3) is 12.9. The lowest BCUT2D eigenvalue weighted by Crippen LogP contribution is -2.43. The molecule has 0 aromatic heterocycles. The van der Waals surface area contributed by atoms with E-state index in [4.69, 9.17) is 9.47 Å². The topological polar surface area (TPSA) is 99.7 Å². The summed E-state index contributed by atoms with van der Waals surface area (Å²) in [6.07, 6.45) is 0. The molecule has 0 fully saturated rings. The Hall–Kier alpha value is -5.32. The van der Waals surface area contributed by atoms with Crippen molar-refractivity contribution >= 4 is 23.6 Å². The van der Waals surface area contributed by atoms with Crippen LogP contribution in [0.1, 0.15) is 22.3 Å². The van der Waals surface area contributed by atoms with E-state index in [0.717, 1.165) is 22.3 Å². The first kappa shape index (κ1) is 37.5. The Morgan fingerprint density at radius 2 is 0.660 bits per heavy atom. The predicted molar refractivity (Wildman–Crippen MR) is 191 cm³/mol. The summed E-state index contributed by atoms with van der Waals surface area (Å²) in [4.78, 5) is 58.7. The Balaban J connectivity index is 1.34. The molecule has 0 spiro atoms. The summed E-state index contributed by atoms with van der Waals surface area (Å²) < 4.78 is 11.2. The van der Waals surface area contributed by atoms with E-state index in [2.05, 4.69) is 0 Å².